The number of nitrogens with zero attached hydrogens (tertiary/aromatic N) is 1. The van der Waals surface area contributed by atoms with E-state index in [1.54, 1.807) is 36.4 Å². The second-order valence-corrected chi connectivity index (χ2v) is 5.63. The van der Waals surface area contributed by atoms with Gasteiger partial charge in [-0.3, -0.25) is 4.79 Å². The molecule has 4 nitrogen and oxygen atoms in total. The summed E-state index contributed by atoms with van der Waals surface area (Å²) < 4.78 is 5.63. The highest BCUT2D eigenvalue weighted by molar-refractivity contribution is 6.31. The van der Waals surface area contributed by atoms with Crippen molar-refractivity contribution < 1.29 is 9.21 Å². The van der Waals surface area contributed by atoms with Crippen LogP contribution in [0.15, 0.2) is 46.9 Å². The van der Waals surface area contributed by atoms with Crippen LogP contribution in [0.25, 0.3) is 11.0 Å². The summed E-state index contributed by atoms with van der Waals surface area (Å²) in [7, 11) is 0. The molecule has 0 radical (unpaired) electrons. The number of furan rings is 1. The van der Waals surface area contributed by atoms with Crippen LogP contribution in [-0.4, -0.2) is 5.91 Å². The van der Waals surface area contributed by atoms with Crippen molar-refractivity contribution in [1.82, 2.24) is 5.32 Å². The second kappa shape index (κ2) is 6.15. The van der Waals surface area contributed by atoms with Crippen molar-refractivity contribution in [3.8, 4) is 6.07 Å². The molecule has 0 aliphatic heterocycles. The van der Waals surface area contributed by atoms with Gasteiger partial charge in [0.2, 0.25) is 0 Å². The first-order valence-electron chi connectivity index (χ1n) is 7.04. The molecule has 0 atom stereocenters. The van der Waals surface area contributed by atoms with Crippen molar-refractivity contribution in [2.24, 2.45) is 0 Å². The molecule has 2 aromatic carbocycles. The first kappa shape index (κ1) is 15.1. The minimum Gasteiger partial charge on any atom is -0.451 e. The van der Waals surface area contributed by atoms with E-state index in [1.807, 2.05) is 13.0 Å². The van der Waals surface area contributed by atoms with Crippen molar-refractivity contribution in [2.45, 2.75) is 13.5 Å². The van der Waals surface area contributed by atoms with Gasteiger partial charge >= 0.3 is 0 Å². The topological polar surface area (TPSA) is 66.0 Å². The maximum absolute atomic E-state index is 12.3. The van der Waals surface area contributed by atoms with E-state index in [2.05, 4.69) is 11.4 Å². The Morgan fingerprint density at radius 3 is 2.91 bits per heavy atom. The van der Waals surface area contributed by atoms with Gasteiger partial charge < -0.3 is 9.73 Å². The minimum absolute atomic E-state index is 0.277. The largest absolute Gasteiger partial charge is 0.451 e. The van der Waals surface area contributed by atoms with E-state index in [4.69, 9.17) is 21.3 Å². The van der Waals surface area contributed by atoms with E-state index in [-0.39, 0.29) is 11.7 Å². The van der Waals surface area contributed by atoms with Crippen LogP contribution in [0.5, 0.6) is 0 Å². The van der Waals surface area contributed by atoms with Crippen LogP contribution in [0.1, 0.15) is 27.2 Å². The average molecular weight is 325 g/mol. The maximum atomic E-state index is 12.3. The lowest BCUT2D eigenvalue weighted by atomic mass is 10.1. The van der Waals surface area contributed by atoms with E-state index >= 15 is 0 Å². The molecule has 0 bridgehead atoms. The first-order chi connectivity index (χ1) is 11.1. The van der Waals surface area contributed by atoms with Crippen LogP contribution in [0.4, 0.5) is 0 Å². The van der Waals surface area contributed by atoms with Crippen LogP contribution in [0.3, 0.4) is 0 Å². The van der Waals surface area contributed by atoms with Gasteiger partial charge in [-0.15, -0.1) is 0 Å². The number of carbonyl (C=O) groups is 1. The average Bonchev–Trinajstić information content (AvgIpc) is 2.89. The summed E-state index contributed by atoms with van der Waals surface area (Å²) in [4.78, 5) is 12.3. The highest BCUT2D eigenvalue weighted by Gasteiger charge is 2.17. The van der Waals surface area contributed by atoms with E-state index in [0.717, 1.165) is 16.5 Å². The first-order valence-corrected chi connectivity index (χ1v) is 7.42. The number of aryl methyl sites for hydroxylation is 1. The number of benzene rings is 2. The van der Waals surface area contributed by atoms with Crippen LogP contribution in [-0.2, 0) is 6.54 Å². The monoisotopic (exact) mass is 324 g/mol. The van der Waals surface area contributed by atoms with Crippen LogP contribution < -0.4 is 5.32 Å². The molecule has 1 amide bonds. The number of fused-ring (bicyclic) bond motifs is 1. The standard InChI is InChI=1S/C18H13ClN2O2/c1-11-15-8-14(19)5-6-16(15)23-17(11)18(22)21-10-13-4-2-3-12(7-13)9-20/h2-8H,10H2,1H3,(H,21,22). The SMILES string of the molecule is Cc1c(C(=O)NCc2cccc(C#N)c2)oc2ccc(Cl)cc12. The Morgan fingerprint density at radius 1 is 1.30 bits per heavy atom. The summed E-state index contributed by atoms with van der Waals surface area (Å²) in [6, 6.07) is 14.4. The Bertz CT molecular complexity index is 938. The molecule has 0 spiro atoms. The smallest absolute Gasteiger partial charge is 0.287 e. The van der Waals surface area contributed by atoms with E-state index in [0.29, 0.717) is 22.7 Å². The summed E-state index contributed by atoms with van der Waals surface area (Å²) in [5.74, 6) is -0.0177. The quantitative estimate of drug-likeness (QED) is 0.785. The Balaban J connectivity index is 1.81. The number of hydrogen-bond acceptors (Lipinski definition) is 3. The summed E-state index contributed by atoms with van der Waals surface area (Å²) in [5.41, 5.74) is 2.80. The van der Waals surface area contributed by atoms with Gasteiger partial charge in [0.15, 0.2) is 5.76 Å². The lowest BCUT2D eigenvalue weighted by Crippen LogP contribution is -2.23. The minimum atomic E-state index is -0.294. The summed E-state index contributed by atoms with van der Waals surface area (Å²) >= 11 is 5.98. The molecule has 5 heteroatoms. The molecule has 0 saturated carbocycles. The summed E-state index contributed by atoms with van der Waals surface area (Å²) in [6.45, 7) is 2.15. The van der Waals surface area contributed by atoms with Crippen molar-refractivity contribution in [3.63, 3.8) is 0 Å². The van der Waals surface area contributed by atoms with Crippen LogP contribution in [0, 0.1) is 18.3 Å². The van der Waals surface area contributed by atoms with Gasteiger partial charge in [0, 0.05) is 22.5 Å². The molecule has 0 aliphatic carbocycles. The molecule has 0 fully saturated rings. The number of hydrogen-bond donors (Lipinski definition) is 1. The van der Waals surface area contributed by atoms with Crippen LogP contribution >= 0.6 is 11.6 Å². The van der Waals surface area contributed by atoms with E-state index in [9.17, 15) is 4.79 Å². The normalized spacial score (nSPS) is 10.5. The van der Waals surface area contributed by atoms with Gasteiger partial charge in [0.25, 0.3) is 5.91 Å². The fourth-order valence-corrected chi connectivity index (χ4v) is 2.60. The molecule has 1 heterocycles. The van der Waals surface area contributed by atoms with Crippen molar-refractivity contribution in [1.29, 1.82) is 5.26 Å². The number of amides is 1. The van der Waals surface area contributed by atoms with Gasteiger partial charge in [0.05, 0.1) is 11.6 Å². The molecule has 23 heavy (non-hydrogen) atoms. The van der Waals surface area contributed by atoms with E-state index < -0.39 is 0 Å². The molecular weight excluding hydrogens is 312 g/mol. The van der Waals surface area contributed by atoms with Crippen LogP contribution in [0.2, 0.25) is 5.02 Å². The fraction of sp³-hybridized carbons (Fsp3) is 0.111. The molecule has 0 saturated heterocycles. The molecule has 3 aromatic rings. The molecule has 1 aromatic heterocycles. The zero-order chi connectivity index (χ0) is 16.4. The highest BCUT2D eigenvalue weighted by atomic mass is 35.5. The predicted octanol–water partition coefficient (Wildman–Crippen LogP) is 4.20. The lowest BCUT2D eigenvalue weighted by molar-refractivity contribution is 0.0924. The Kier molecular flexibility index (Phi) is 4.05. The Morgan fingerprint density at radius 2 is 2.13 bits per heavy atom. The molecule has 0 aliphatic rings. The lowest BCUT2D eigenvalue weighted by Gasteiger charge is -2.04. The third kappa shape index (κ3) is 3.05. The number of rotatable bonds is 3. The van der Waals surface area contributed by atoms with Gasteiger partial charge in [-0.1, -0.05) is 23.7 Å². The molecule has 0 unspecified atom stereocenters. The van der Waals surface area contributed by atoms with Gasteiger partial charge in [-0.2, -0.15) is 5.26 Å². The Hall–Kier alpha value is -2.77. The number of nitriles is 1. The van der Waals surface area contributed by atoms with Gasteiger partial charge in [0.1, 0.15) is 5.58 Å². The predicted molar refractivity (Wildman–Crippen MR) is 88.3 cm³/mol. The zero-order valence-corrected chi connectivity index (χ0v) is 13.1. The molecule has 3 rings (SSSR count). The van der Waals surface area contributed by atoms with E-state index in [1.165, 1.54) is 0 Å². The molecular formula is C18H13ClN2O2. The Labute approximate surface area is 138 Å². The maximum Gasteiger partial charge on any atom is 0.287 e. The fourth-order valence-electron chi connectivity index (χ4n) is 2.42. The van der Waals surface area contributed by atoms with Crippen molar-refractivity contribution >= 4 is 28.5 Å². The third-order valence-corrected chi connectivity index (χ3v) is 3.85. The third-order valence-electron chi connectivity index (χ3n) is 3.61. The number of nitrogens with one attached hydrogen (secondary N) is 1. The van der Waals surface area contributed by atoms with Crippen molar-refractivity contribution in [2.75, 3.05) is 0 Å². The zero-order valence-electron chi connectivity index (χ0n) is 12.4. The van der Waals surface area contributed by atoms with Gasteiger partial charge in [-0.25, -0.2) is 0 Å². The van der Waals surface area contributed by atoms with Crippen molar-refractivity contribution in [3.05, 3.63) is 69.9 Å². The van der Waals surface area contributed by atoms with Gasteiger partial charge in [-0.05, 0) is 42.8 Å². The molecule has 1 N–H and O–H groups in total. The second-order valence-electron chi connectivity index (χ2n) is 5.19. The number of halogens is 1. The molecule has 114 valence electrons. The summed E-state index contributed by atoms with van der Waals surface area (Å²) in [5, 5.41) is 13.1. The summed E-state index contributed by atoms with van der Waals surface area (Å²) in [6.07, 6.45) is 0. The number of carbonyl (C=O) groups excluding carboxylic acids is 1. The highest BCUT2D eigenvalue weighted by Crippen LogP contribution is 2.27.